The third-order valence-electron chi connectivity index (χ3n) is 4.95. The summed E-state index contributed by atoms with van der Waals surface area (Å²) in [5.74, 6) is 0.440. The predicted molar refractivity (Wildman–Crippen MR) is 119 cm³/mol. The minimum Gasteiger partial charge on any atom is -0.322 e. The summed E-state index contributed by atoms with van der Waals surface area (Å²) in [6, 6.07) is 23.2. The third-order valence-corrected chi connectivity index (χ3v) is 6.16. The molecule has 0 aliphatic carbocycles. The first-order valence-electron chi connectivity index (χ1n) is 9.49. The molecule has 1 unspecified atom stereocenters. The molecule has 1 N–H and O–H groups in total. The number of carbonyl (C=O) groups is 2. The molecule has 1 fully saturated rings. The smallest absolute Gasteiger partial charge is 0.255 e. The van der Waals surface area contributed by atoms with Crippen LogP contribution in [-0.4, -0.2) is 17.6 Å². The van der Waals surface area contributed by atoms with Gasteiger partial charge in [0.1, 0.15) is 5.37 Å². The van der Waals surface area contributed by atoms with Crippen LogP contribution in [0.3, 0.4) is 0 Å². The molecule has 0 radical (unpaired) electrons. The quantitative estimate of drug-likeness (QED) is 0.641. The summed E-state index contributed by atoms with van der Waals surface area (Å²) >= 11 is 1.62. The van der Waals surface area contributed by atoms with Crippen LogP contribution in [0.4, 0.5) is 11.4 Å². The molecule has 3 aromatic rings. The van der Waals surface area contributed by atoms with E-state index in [2.05, 4.69) is 5.32 Å². The number of carbonyl (C=O) groups excluding carboxylic acids is 2. The van der Waals surface area contributed by atoms with E-state index in [1.54, 1.807) is 11.8 Å². The predicted octanol–water partition coefficient (Wildman–Crippen LogP) is 5.33. The maximum Gasteiger partial charge on any atom is 0.255 e. The molecule has 0 spiro atoms. The SMILES string of the molecule is Cc1ccc(C(=O)Nc2ccc(C3SCC(=O)N3c3ccc(C)cc3)cc2)cc1. The monoisotopic (exact) mass is 402 g/mol. The number of thioether (sulfide) groups is 1. The Hall–Kier alpha value is -3.05. The first-order chi connectivity index (χ1) is 14.0. The van der Waals surface area contributed by atoms with Gasteiger partial charge in [0.25, 0.3) is 5.91 Å². The third kappa shape index (κ3) is 4.20. The van der Waals surface area contributed by atoms with Crippen molar-refractivity contribution >= 4 is 35.0 Å². The van der Waals surface area contributed by atoms with Gasteiger partial charge in [-0.15, -0.1) is 11.8 Å². The fourth-order valence-electron chi connectivity index (χ4n) is 3.29. The average Bonchev–Trinajstić information content (AvgIpc) is 3.11. The molecule has 29 heavy (non-hydrogen) atoms. The number of hydrogen-bond acceptors (Lipinski definition) is 3. The summed E-state index contributed by atoms with van der Waals surface area (Å²) in [6.07, 6.45) is 0. The number of rotatable bonds is 4. The molecule has 1 heterocycles. The van der Waals surface area contributed by atoms with Crippen LogP contribution in [0.25, 0.3) is 0 Å². The molecule has 1 aliphatic heterocycles. The van der Waals surface area contributed by atoms with Crippen molar-refractivity contribution in [2.75, 3.05) is 16.0 Å². The highest BCUT2D eigenvalue weighted by atomic mass is 32.2. The molecule has 4 rings (SSSR count). The second-order valence-corrected chi connectivity index (χ2v) is 8.27. The van der Waals surface area contributed by atoms with Crippen LogP contribution in [0, 0.1) is 13.8 Å². The van der Waals surface area contributed by atoms with Crippen molar-refractivity contribution < 1.29 is 9.59 Å². The van der Waals surface area contributed by atoms with Crippen LogP contribution < -0.4 is 10.2 Å². The van der Waals surface area contributed by atoms with E-state index in [9.17, 15) is 9.59 Å². The highest BCUT2D eigenvalue weighted by molar-refractivity contribution is 8.00. The Morgan fingerprint density at radius 2 is 1.48 bits per heavy atom. The summed E-state index contributed by atoms with van der Waals surface area (Å²) in [6.45, 7) is 4.03. The molecular weight excluding hydrogens is 380 g/mol. The van der Waals surface area contributed by atoms with Crippen molar-refractivity contribution in [1.82, 2.24) is 0 Å². The van der Waals surface area contributed by atoms with E-state index in [-0.39, 0.29) is 17.2 Å². The number of aryl methyl sites for hydroxylation is 2. The van der Waals surface area contributed by atoms with Crippen molar-refractivity contribution in [3.63, 3.8) is 0 Å². The molecule has 0 aromatic heterocycles. The minimum absolute atomic E-state index is 0.0629. The first-order valence-corrected chi connectivity index (χ1v) is 10.5. The van der Waals surface area contributed by atoms with Gasteiger partial charge in [0, 0.05) is 16.9 Å². The molecule has 5 heteroatoms. The lowest BCUT2D eigenvalue weighted by atomic mass is 10.1. The van der Waals surface area contributed by atoms with Gasteiger partial charge < -0.3 is 5.32 Å². The Morgan fingerprint density at radius 1 is 0.897 bits per heavy atom. The van der Waals surface area contributed by atoms with Crippen molar-refractivity contribution in [2.45, 2.75) is 19.2 Å². The molecule has 1 saturated heterocycles. The van der Waals surface area contributed by atoms with E-state index in [1.807, 2.05) is 91.5 Å². The molecule has 0 saturated carbocycles. The van der Waals surface area contributed by atoms with Crippen molar-refractivity contribution in [2.24, 2.45) is 0 Å². The van der Waals surface area contributed by atoms with E-state index in [1.165, 1.54) is 5.56 Å². The largest absolute Gasteiger partial charge is 0.322 e. The molecule has 1 atom stereocenters. The van der Waals surface area contributed by atoms with E-state index < -0.39 is 0 Å². The molecule has 146 valence electrons. The fraction of sp³-hybridized carbons (Fsp3) is 0.167. The standard InChI is InChI=1S/C24H22N2O2S/c1-16-3-7-18(8-4-16)23(28)25-20-11-9-19(10-12-20)24-26(22(27)15-29-24)21-13-5-17(2)6-14-21/h3-14,24H,15H2,1-2H3,(H,25,28). The zero-order valence-corrected chi connectivity index (χ0v) is 17.2. The molecule has 3 aromatic carbocycles. The molecule has 4 nitrogen and oxygen atoms in total. The number of nitrogens with one attached hydrogen (secondary N) is 1. The summed E-state index contributed by atoms with van der Waals surface area (Å²) in [5.41, 5.74) is 5.59. The van der Waals surface area contributed by atoms with Gasteiger partial charge in [0.05, 0.1) is 5.75 Å². The summed E-state index contributed by atoms with van der Waals surface area (Å²) in [5, 5.41) is 2.86. The molecule has 2 amide bonds. The normalized spacial score (nSPS) is 16.1. The second kappa shape index (κ2) is 8.13. The Bertz CT molecular complexity index is 1030. The summed E-state index contributed by atoms with van der Waals surface area (Å²) < 4.78 is 0. The number of amides is 2. The van der Waals surface area contributed by atoms with Gasteiger partial charge in [0.2, 0.25) is 5.91 Å². The lowest BCUT2D eigenvalue weighted by Crippen LogP contribution is -2.27. The molecule has 0 bridgehead atoms. The topological polar surface area (TPSA) is 49.4 Å². The first kappa shape index (κ1) is 19.3. The molecular formula is C24H22N2O2S. The van der Waals surface area contributed by atoms with Gasteiger partial charge in [-0.05, 0) is 55.8 Å². The number of anilines is 2. The fourth-order valence-corrected chi connectivity index (χ4v) is 4.47. The minimum atomic E-state index is -0.135. The number of nitrogens with zero attached hydrogens (tertiary/aromatic N) is 1. The van der Waals surface area contributed by atoms with Crippen LogP contribution in [-0.2, 0) is 4.79 Å². The van der Waals surface area contributed by atoms with Gasteiger partial charge in [-0.3, -0.25) is 14.5 Å². The van der Waals surface area contributed by atoms with Gasteiger partial charge in [0.15, 0.2) is 0 Å². The van der Waals surface area contributed by atoms with E-state index in [4.69, 9.17) is 0 Å². The van der Waals surface area contributed by atoms with Gasteiger partial charge in [-0.1, -0.05) is 47.5 Å². The maximum atomic E-state index is 12.5. The van der Waals surface area contributed by atoms with Crippen LogP contribution in [0.2, 0.25) is 0 Å². The van der Waals surface area contributed by atoms with Crippen molar-refractivity contribution in [1.29, 1.82) is 0 Å². The average molecular weight is 403 g/mol. The highest BCUT2D eigenvalue weighted by Crippen LogP contribution is 2.41. The molecule has 1 aliphatic rings. The van der Waals surface area contributed by atoms with Crippen LogP contribution >= 0.6 is 11.8 Å². The van der Waals surface area contributed by atoms with Crippen LogP contribution in [0.15, 0.2) is 72.8 Å². The number of benzene rings is 3. The van der Waals surface area contributed by atoms with Crippen LogP contribution in [0.1, 0.15) is 32.4 Å². The van der Waals surface area contributed by atoms with Gasteiger partial charge in [-0.2, -0.15) is 0 Å². The zero-order chi connectivity index (χ0) is 20.4. The van der Waals surface area contributed by atoms with E-state index in [0.29, 0.717) is 11.3 Å². The maximum absolute atomic E-state index is 12.5. The highest BCUT2D eigenvalue weighted by Gasteiger charge is 2.33. The van der Waals surface area contributed by atoms with Crippen LogP contribution in [0.5, 0.6) is 0 Å². The van der Waals surface area contributed by atoms with Gasteiger partial charge >= 0.3 is 0 Å². The Balaban J connectivity index is 1.50. The Labute approximate surface area is 174 Å². The van der Waals surface area contributed by atoms with E-state index >= 15 is 0 Å². The zero-order valence-electron chi connectivity index (χ0n) is 16.4. The second-order valence-electron chi connectivity index (χ2n) is 7.20. The van der Waals surface area contributed by atoms with Crippen molar-refractivity contribution in [3.8, 4) is 0 Å². The lowest BCUT2D eigenvalue weighted by molar-refractivity contribution is -0.115. The lowest BCUT2D eigenvalue weighted by Gasteiger charge is -2.24. The van der Waals surface area contributed by atoms with E-state index in [0.717, 1.165) is 22.5 Å². The van der Waals surface area contributed by atoms with Gasteiger partial charge in [-0.25, -0.2) is 0 Å². The number of hydrogen-bond donors (Lipinski definition) is 1. The summed E-state index contributed by atoms with van der Waals surface area (Å²) in [7, 11) is 0. The summed E-state index contributed by atoms with van der Waals surface area (Å²) in [4.78, 5) is 26.7. The Kier molecular flexibility index (Phi) is 5.41. The van der Waals surface area contributed by atoms with Crippen molar-refractivity contribution in [3.05, 3.63) is 95.1 Å². The Morgan fingerprint density at radius 3 is 2.10 bits per heavy atom.